The maximum atomic E-state index is 12.0. The summed E-state index contributed by atoms with van der Waals surface area (Å²) < 4.78 is 52.4. The third kappa shape index (κ3) is 6.00. The molecule has 0 saturated carbocycles. The van der Waals surface area contributed by atoms with E-state index in [0.29, 0.717) is 27.4 Å². The van der Waals surface area contributed by atoms with Gasteiger partial charge in [-0.1, -0.05) is 72.8 Å². The van der Waals surface area contributed by atoms with Crippen molar-refractivity contribution in [2.75, 3.05) is 0 Å². The summed E-state index contributed by atoms with van der Waals surface area (Å²) in [4.78, 5) is 0.250. The summed E-state index contributed by atoms with van der Waals surface area (Å²) in [6, 6.07) is 28.6. The first-order chi connectivity index (χ1) is 18.4. The number of rotatable bonds is 7. The van der Waals surface area contributed by atoms with Gasteiger partial charge in [0, 0.05) is 21.9 Å². The Morgan fingerprint density at radius 3 is 1.62 bits per heavy atom. The van der Waals surface area contributed by atoms with Crippen molar-refractivity contribution in [1.82, 2.24) is 0 Å². The summed E-state index contributed by atoms with van der Waals surface area (Å²) in [6.45, 7) is 0. The SMILES string of the molecule is O=S(=O)([O-])c1c(-c2ccc(-c3ccc(-c4oc5ccccc5c4SOO[O-])cc3)cc2)oc2ccccc12.[Na+].[Na+]. The van der Waals surface area contributed by atoms with Gasteiger partial charge in [0.1, 0.15) is 26.2 Å². The second-order valence-corrected chi connectivity index (χ2v) is 10.4. The summed E-state index contributed by atoms with van der Waals surface area (Å²) in [5.41, 5.74) is 3.97. The van der Waals surface area contributed by atoms with Gasteiger partial charge in [-0.2, -0.15) is 4.33 Å². The van der Waals surface area contributed by atoms with Crippen molar-refractivity contribution < 1.29 is 95.5 Å². The molecule has 190 valence electrons. The van der Waals surface area contributed by atoms with Crippen LogP contribution in [0.4, 0.5) is 0 Å². The van der Waals surface area contributed by atoms with Crippen LogP contribution < -0.4 is 64.4 Å². The molecule has 12 heteroatoms. The van der Waals surface area contributed by atoms with E-state index in [0.717, 1.165) is 34.1 Å². The number of hydrogen-bond donors (Lipinski definition) is 0. The van der Waals surface area contributed by atoms with Crippen LogP contribution in [0.1, 0.15) is 0 Å². The van der Waals surface area contributed by atoms with Gasteiger partial charge < -0.3 is 18.6 Å². The minimum Gasteiger partial charge on any atom is -0.744 e. The molecule has 0 bridgehead atoms. The molecule has 0 amide bonds. The average Bonchev–Trinajstić information content (AvgIpc) is 3.51. The summed E-state index contributed by atoms with van der Waals surface area (Å²) >= 11 is 0.780. The van der Waals surface area contributed by atoms with E-state index in [2.05, 4.69) is 9.37 Å². The molecule has 0 aliphatic carbocycles. The third-order valence-corrected chi connectivity index (χ3v) is 7.72. The Bertz CT molecular complexity index is 1880. The van der Waals surface area contributed by atoms with Gasteiger partial charge in [-0.05, 0) is 35.4 Å². The van der Waals surface area contributed by atoms with Crippen molar-refractivity contribution in [1.29, 1.82) is 0 Å². The minimum absolute atomic E-state index is 0. The van der Waals surface area contributed by atoms with E-state index in [1.165, 1.54) is 0 Å². The van der Waals surface area contributed by atoms with Gasteiger partial charge in [0.15, 0.2) is 11.5 Å². The standard InChI is InChI=1S/C28H18O8S2.2Na/c29-35-36-37-27-21-5-1-3-7-23(21)33-25(27)19-13-9-17(10-14-19)18-11-15-20(16-12-18)26-28(38(30,31)32)22-6-2-4-8-24(22)34-26;;/h1-16,29H,(H,30,31,32);;/q;2*+1/p-2. The van der Waals surface area contributed by atoms with Crippen molar-refractivity contribution >= 4 is 44.1 Å². The first kappa shape index (κ1) is 31.0. The fraction of sp³-hybridized carbons (Fsp3) is 0. The number of benzene rings is 4. The zero-order chi connectivity index (χ0) is 26.3. The van der Waals surface area contributed by atoms with Gasteiger partial charge in [0.05, 0.1) is 16.9 Å². The molecule has 2 aromatic heterocycles. The molecular formula is C28H16Na2O8S2. The zero-order valence-electron chi connectivity index (χ0n) is 21.3. The number of furan rings is 2. The molecule has 0 spiro atoms. The summed E-state index contributed by atoms with van der Waals surface area (Å²) in [6.07, 6.45) is 0. The Morgan fingerprint density at radius 1 is 0.625 bits per heavy atom. The molecule has 2 heterocycles. The van der Waals surface area contributed by atoms with Crippen molar-refractivity contribution in [3.05, 3.63) is 97.1 Å². The first-order valence-corrected chi connectivity index (χ1v) is 13.4. The van der Waals surface area contributed by atoms with E-state index >= 15 is 0 Å². The molecule has 6 aromatic rings. The Hall–Kier alpha value is -1.90. The van der Waals surface area contributed by atoms with Crippen LogP contribution >= 0.6 is 12.0 Å². The van der Waals surface area contributed by atoms with Gasteiger partial charge in [-0.15, -0.1) is 0 Å². The Labute approximate surface area is 277 Å². The fourth-order valence-corrected chi connectivity index (χ4v) is 5.84. The van der Waals surface area contributed by atoms with Crippen LogP contribution in [0.15, 0.2) is 116 Å². The predicted molar refractivity (Wildman–Crippen MR) is 138 cm³/mol. The number of fused-ring (bicyclic) bond motifs is 2. The maximum absolute atomic E-state index is 12.0. The zero-order valence-corrected chi connectivity index (χ0v) is 27.0. The molecule has 0 saturated heterocycles. The van der Waals surface area contributed by atoms with E-state index in [4.69, 9.17) is 8.83 Å². The van der Waals surface area contributed by atoms with E-state index in [1.54, 1.807) is 36.4 Å². The Kier molecular flexibility index (Phi) is 10.1. The van der Waals surface area contributed by atoms with Gasteiger partial charge in [0.2, 0.25) is 0 Å². The maximum Gasteiger partial charge on any atom is 1.00 e. The molecule has 0 unspecified atom stereocenters. The van der Waals surface area contributed by atoms with Crippen LogP contribution in [0.2, 0.25) is 0 Å². The van der Waals surface area contributed by atoms with Gasteiger partial charge >= 0.3 is 59.1 Å². The molecule has 0 fully saturated rings. The second-order valence-electron chi connectivity index (χ2n) is 8.34. The first-order valence-electron chi connectivity index (χ1n) is 11.3. The molecule has 8 nitrogen and oxygen atoms in total. The van der Waals surface area contributed by atoms with Gasteiger partial charge in [0.25, 0.3) is 0 Å². The van der Waals surface area contributed by atoms with Crippen molar-refractivity contribution in [2.24, 2.45) is 0 Å². The van der Waals surface area contributed by atoms with Crippen LogP contribution in [-0.4, -0.2) is 13.0 Å². The monoisotopic (exact) mass is 590 g/mol. The molecule has 6 rings (SSSR count). The summed E-state index contributed by atoms with van der Waals surface area (Å²) in [5, 5.41) is 15.0. The Balaban J connectivity index is 0.00000185. The third-order valence-electron chi connectivity index (χ3n) is 6.12. The van der Waals surface area contributed by atoms with E-state index in [9.17, 15) is 18.2 Å². The van der Waals surface area contributed by atoms with Crippen molar-refractivity contribution in [2.45, 2.75) is 9.79 Å². The number of hydrogen-bond acceptors (Lipinski definition) is 9. The molecule has 0 radical (unpaired) electrons. The largest absolute Gasteiger partial charge is 1.00 e. The van der Waals surface area contributed by atoms with Crippen molar-refractivity contribution in [3.63, 3.8) is 0 Å². The Morgan fingerprint density at radius 2 is 1.07 bits per heavy atom. The average molecular weight is 591 g/mol. The topological polar surface area (TPSA) is 125 Å². The van der Waals surface area contributed by atoms with E-state index < -0.39 is 10.1 Å². The van der Waals surface area contributed by atoms with Gasteiger partial charge in [-0.3, -0.25) is 5.04 Å². The van der Waals surface area contributed by atoms with Crippen LogP contribution in [0.3, 0.4) is 0 Å². The summed E-state index contributed by atoms with van der Waals surface area (Å²) in [5.74, 6) is 0.550. The molecule has 0 aliphatic rings. The van der Waals surface area contributed by atoms with Crippen LogP contribution in [0, 0.1) is 0 Å². The van der Waals surface area contributed by atoms with Gasteiger partial charge in [-0.25, -0.2) is 8.42 Å². The summed E-state index contributed by atoms with van der Waals surface area (Å²) in [7, 11) is -4.77. The van der Waals surface area contributed by atoms with Crippen LogP contribution in [0.25, 0.3) is 55.7 Å². The van der Waals surface area contributed by atoms with E-state index in [-0.39, 0.29) is 75.2 Å². The smallest absolute Gasteiger partial charge is 0.744 e. The number of para-hydroxylation sites is 2. The predicted octanol–water partition coefficient (Wildman–Crippen LogP) is 0.323. The quantitative estimate of drug-likeness (QED) is 0.0850. The minimum atomic E-state index is -4.77. The van der Waals surface area contributed by atoms with Crippen LogP contribution in [-0.2, 0) is 19.5 Å². The normalized spacial score (nSPS) is 11.3. The van der Waals surface area contributed by atoms with Crippen LogP contribution in [0.5, 0.6) is 0 Å². The van der Waals surface area contributed by atoms with Crippen molar-refractivity contribution in [3.8, 4) is 33.8 Å². The molecule has 4 aromatic carbocycles. The molecule has 0 atom stereocenters. The molecule has 0 N–H and O–H groups in total. The van der Waals surface area contributed by atoms with E-state index in [1.807, 2.05) is 60.7 Å². The second kappa shape index (κ2) is 13.0. The fourth-order valence-electron chi connectivity index (χ4n) is 4.43. The molecular weight excluding hydrogens is 574 g/mol. The molecule has 0 aliphatic heterocycles. The molecule has 40 heavy (non-hydrogen) atoms.